The van der Waals surface area contributed by atoms with Gasteiger partial charge >= 0.3 is 0 Å². The maximum Gasteiger partial charge on any atom is 0.251 e. The van der Waals surface area contributed by atoms with Crippen LogP contribution in [0.3, 0.4) is 0 Å². The lowest BCUT2D eigenvalue weighted by Crippen LogP contribution is -2.49. The molecule has 1 saturated heterocycles. The Bertz CT molecular complexity index is 784. The summed E-state index contributed by atoms with van der Waals surface area (Å²) in [6, 6.07) is 16.5. The van der Waals surface area contributed by atoms with E-state index >= 15 is 0 Å². The molecule has 4 nitrogen and oxygen atoms in total. The van der Waals surface area contributed by atoms with E-state index in [-0.39, 0.29) is 5.91 Å². The van der Waals surface area contributed by atoms with Crippen LogP contribution in [0, 0.1) is 0 Å². The van der Waals surface area contributed by atoms with Crippen molar-refractivity contribution in [1.29, 1.82) is 0 Å². The monoisotopic (exact) mass is 383 g/mol. The van der Waals surface area contributed by atoms with Crippen LogP contribution in [0.1, 0.15) is 33.9 Å². The molecule has 0 radical (unpaired) electrons. The van der Waals surface area contributed by atoms with Crippen molar-refractivity contribution >= 4 is 17.5 Å². The minimum absolute atomic E-state index is 0.0344. The Morgan fingerprint density at radius 1 is 1.04 bits per heavy atom. The summed E-state index contributed by atoms with van der Waals surface area (Å²) >= 11 is 5.87. The van der Waals surface area contributed by atoms with Crippen molar-refractivity contribution in [3.63, 3.8) is 0 Å². The van der Waals surface area contributed by atoms with Crippen LogP contribution >= 0.6 is 11.6 Å². The molecule has 1 fully saturated rings. The Labute approximate surface area is 166 Å². The van der Waals surface area contributed by atoms with Gasteiger partial charge in [0.1, 0.15) is 0 Å². The van der Waals surface area contributed by atoms with E-state index in [2.05, 4.69) is 39.4 Å². The number of piperazine rings is 1. The van der Waals surface area contributed by atoms with Crippen LogP contribution in [0.15, 0.2) is 48.5 Å². The van der Waals surface area contributed by atoms with Gasteiger partial charge in [-0.1, -0.05) is 35.9 Å². The molecule has 1 aliphatic heterocycles. The SMILES string of the molecule is O=C(NCCN1CCN(C2CCc3ccccc32)CC1)c1ccc(Cl)cc1. The van der Waals surface area contributed by atoms with Crippen molar-refractivity contribution in [3.8, 4) is 0 Å². The Kier molecular flexibility index (Phi) is 5.77. The molecule has 0 bridgehead atoms. The van der Waals surface area contributed by atoms with Gasteiger partial charge in [0.15, 0.2) is 0 Å². The molecule has 2 aliphatic rings. The lowest BCUT2D eigenvalue weighted by Gasteiger charge is -2.38. The second kappa shape index (κ2) is 8.42. The number of amides is 1. The van der Waals surface area contributed by atoms with Crippen molar-refractivity contribution in [2.75, 3.05) is 39.3 Å². The van der Waals surface area contributed by atoms with Gasteiger partial charge in [0.2, 0.25) is 0 Å². The summed E-state index contributed by atoms with van der Waals surface area (Å²) in [6.07, 6.45) is 2.45. The number of nitrogens with one attached hydrogen (secondary N) is 1. The maximum absolute atomic E-state index is 12.2. The van der Waals surface area contributed by atoms with E-state index in [1.165, 1.54) is 24.0 Å². The summed E-state index contributed by atoms with van der Waals surface area (Å²) in [4.78, 5) is 17.2. The molecule has 0 aromatic heterocycles. The molecule has 0 spiro atoms. The minimum atomic E-state index is -0.0344. The van der Waals surface area contributed by atoms with Crippen LogP contribution in [-0.2, 0) is 6.42 Å². The number of halogens is 1. The molecule has 1 heterocycles. The number of carbonyl (C=O) groups excluding carboxylic acids is 1. The molecule has 1 aliphatic carbocycles. The fourth-order valence-electron chi connectivity index (χ4n) is 4.24. The van der Waals surface area contributed by atoms with Crippen LogP contribution in [0.4, 0.5) is 0 Å². The standard InChI is InChI=1S/C22H26ClN3O/c23-19-8-5-18(6-9-19)22(27)24-11-12-25-13-15-26(16-14-25)21-10-7-17-3-1-2-4-20(17)21/h1-6,8-9,21H,7,10-16H2,(H,24,27). The molecule has 27 heavy (non-hydrogen) atoms. The van der Waals surface area contributed by atoms with Gasteiger partial charge in [0.25, 0.3) is 5.91 Å². The molecule has 1 N–H and O–H groups in total. The van der Waals surface area contributed by atoms with Crippen molar-refractivity contribution in [2.24, 2.45) is 0 Å². The highest BCUT2D eigenvalue weighted by Gasteiger charge is 2.29. The van der Waals surface area contributed by atoms with Gasteiger partial charge in [-0.2, -0.15) is 0 Å². The fraction of sp³-hybridized carbons (Fsp3) is 0.409. The second-order valence-electron chi connectivity index (χ2n) is 7.39. The van der Waals surface area contributed by atoms with E-state index in [0.717, 1.165) is 32.7 Å². The quantitative estimate of drug-likeness (QED) is 0.859. The first-order valence-electron chi connectivity index (χ1n) is 9.79. The average molecular weight is 384 g/mol. The molecule has 2 aromatic rings. The van der Waals surface area contributed by atoms with E-state index in [4.69, 9.17) is 11.6 Å². The second-order valence-corrected chi connectivity index (χ2v) is 7.83. The van der Waals surface area contributed by atoms with Crippen molar-refractivity contribution in [2.45, 2.75) is 18.9 Å². The zero-order valence-electron chi connectivity index (χ0n) is 15.5. The van der Waals surface area contributed by atoms with Gasteiger partial charge in [0.05, 0.1) is 0 Å². The number of rotatable bonds is 5. The van der Waals surface area contributed by atoms with Gasteiger partial charge in [0, 0.05) is 55.9 Å². The molecule has 1 amide bonds. The zero-order valence-corrected chi connectivity index (χ0v) is 16.3. The summed E-state index contributed by atoms with van der Waals surface area (Å²) in [5, 5.41) is 3.66. The first-order chi connectivity index (χ1) is 13.2. The van der Waals surface area contributed by atoms with Gasteiger partial charge in [-0.3, -0.25) is 14.6 Å². The molecule has 2 aromatic carbocycles. The third-order valence-electron chi connectivity index (χ3n) is 5.77. The minimum Gasteiger partial charge on any atom is -0.351 e. The predicted octanol–water partition coefficient (Wildman–Crippen LogP) is 3.37. The number of hydrogen-bond acceptors (Lipinski definition) is 3. The molecule has 5 heteroatoms. The van der Waals surface area contributed by atoms with Crippen molar-refractivity contribution < 1.29 is 4.79 Å². The normalized spacial score (nSPS) is 20.4. The lowest BCUT2D eigenvalue weighted by atomic mass is 10.1. The number of aryl methyl sites for hydroxylation is 1. The van der Waals surface area contributed by atoms with E-state index in [1.54, 1.807) is 24.3 Å². The third kappa shape index (κ3) is 4.34. The molecule has 0 saturated carbocycles. The fourth-order valence-corrected chi connectivity index (χ4v) is 4.37. The third-order valence-corrected chi connectivity index (χ3v) is 6.02. The summed E-state index contributed by atoms with van der Waals surface area (Å²) in [5.41, 5.74) is 3.71. The number of carbonyl (C=O) groups is 1. The molecule has 4 rings (SSSR count). The van der Waals surface area contributed by atoms with Gasteiger partial charge in [-0.05, 0) is 48.2 Å². The Morgan fingerprint density at radius 3 is 2.56 bits per heavy atom. The van der Waals surface area contributed by atoms with Crippen LogP contribution in [-0.4, -0.2) is 55.0 Å². The summed E-state index contributed by atoms with van der Waals surface area (Å²) in [5.74, 6) is -0.0344. The average Bonchev–Trinajstić information content (AvgIpc) is 3.13. The van der Waals surface area contributed by atoms with Gasteiger partial charge < -0.3 is 5.32 Å². The van der Waals surface area contributed by atoms with Crippen LogP contribution < -0.4 is 5.32 Å². The summed E-state index contributed by atoms with van der Waals surface area (Å²) in [6.45, 7) is 5.90. The smallest absolute Gasteiger partial charge is 0.251 e. The highest BCUT2D eigenvalue weighted by molar-refractivity contribution is 6.30. The molecule has 142 valence electrons. The summed E-state index contributed by atoms with van der Waals surface area (Å²) in [7, 11) is 0. The maximum atomic E-state index is 12.2. The number of nitrogens with zero attached hydrogens (tertiary/aromatic N) is 2. The Hall–Kier alpha value is -1.88. The highest BCUT2D eigenvalue weighted by atomic mass is 35.5. The first kappa shape index (κ1) is 18.5. The lowest BCUT2D eigenvalue weighted by molar-refractivity contribution is 0.0889. The van der Waals surface area contributed by atoms with Gasteiger partial charge in [-0.25, -0.2) is 0 Å². The molecule has 1 unspecified atom stereocenters. The van der Waals surface area contributed by atoms with Crippen molar-refractivity contribution in [3.05, 3.63) is 70.2 Å². The Morgan fingerprint density at radius 2 is 1.78 bits per heavy atom. The highest BCUT2D eigenvalue weighted by Crippen LogP contribution is 2.35. The van der Waals surface area contributed by atoms with Crippen LogP contribution in [0.25, 0.3) is 0 Å². The topological polar surface area (TPSA) is 35.6 Å². The number of fused-ring (bicyclic) bond motifs is 1. The van der Waals surface area contributed by atoms with E-state index < -0.39 is 0 Å². The summed E-state index contributed by atoms with van der Waals surface area (Å²) < 4.78 is 0. The van der Waals surface area contributed by atoms with Crippen LogP contribution in [0.5, 0.6) is 0 Å². The van der Waals surface area contributed by atoms with Gasteiger partial charge in [-0.15, -0.1) is 0 Å². The molecular weight excluding hydrogens is 358 g/mol. The largest absolute Gasteiger partial charge is 0.351 e. The molecule has 1 atom stereocenters. The van der Waals surface area contributed by atoms with Crippen LogP contribution in [0.2, 0.25) is 5.02 Å². The predicted molar refractivity (Wildman–Crippen MR) is 109 cm³/mol. The first-order valence-corrected chi connectivity index (χ1v) is 10.2. The van der Waals surface area contributed by atoms with E-state index in [0.29, 0.717) is 23.2 Å². The zero-order chi connectivity index (χ0) is 18.6. The van der Waals surface area contributed by atoms with E-state index in [1.807, 2.05) is 0 Å². The number of benzene rings is 2. The molecular formula is C22H26ClN3O. The van der Waals surface area contributed by atoms with Crippen molar-refractivity contribution in [1.82, 2.24) is 15.1 Å². The number of hydrogen-bond donors (Lipinski definition) is 1. The Balaban J connectivity index is 1.21. The van der Waals surface area contributed by atoms with E-state index in [9.17, 15) is 4.79 Å².